The molecule has 3 amide bonds. The van der Waals surface area contributed by atoms with Gasteiger partial charge in [-0.3, -0.25) is 9.89 Å². The van der Waals surface area contributed by atoms with E-state index in [9.17, 15) is 9.59 Å². The molecule has 23 heavy (non-hydrogen) atoms. The molecule has 3 N–H and O–H groups in total. The first-order chi connectivity index (χ1) is 11.0. The lowest BCUT2D eigenvalue weighted by atomic mass is 10.1. The molecule has 0 unspecified atom stereocenters. The fourth-order valence-corrected chi connectivity index (χ4v) is 2.16. The topological polar surface area (TPSA) is 90.1 Å². The summed E-state index contributed by atoms with van der Waals surface area (Å²) in [6, 6.07) is 7.21. The second-order valence-corrected chi connectivity index (χ2v) is 5.50. The first kappa shape index (κ1) is 16.5. The third kappa shape index (κ3) is 4.84. The number of nitrogens with zero attached hydrogens (tertiary/aromatic N) is 2. The van der Waals surface area contributed by atoms with Gasteiger partial charge in [-0.2, -0.15) is 5.10 Å². The van der Waals surface area contributed by atoms with E-state index in [1.165, 1.54) is 6.20 Å². The number of carbonyl (C=O) groups is 2. The van der Waals surface area contributed by atoms with Gasteiger partial charge in [-0.05, 0) is 31.5 Å². The van der Waals surface area contributed by atoms with Crippen LogP contribution in [0, 0.1) is 0 Å². The SMILES string of the molecule is CC(=O)N(Cc1ccc(NC(=O)Nc2cn[nH]c2)cc1)C(C)C. The van der Waals surface area contributed by atoms with Crippen LogP contribution in [-0.2, 0) is 11.3 Å². The predicted molar refractivity (Wildman–Crippen MR) is 89.0 cm³/mol. The van der Waals surface area contributed by atoms with Gasteiger partial charge in [0, 0.05) is 31.4 Å². The average molecular weight is 315 g/mol. The summed E-state index contributed by atoms with van der Waals surface area (Å²) in [5, 5.41) is 11.8. The molecular formula is C16H21N5O2. The lowest BCUT2D eigenvalue weighted by Gasteiger charge is -2.25. The Hall–Kier alpha value is -2.83. The molecule has 0 saturated heterocycles. The van der Waals surface area contributed by atoms with Gasteiger partial charge in [-0.15, -0.1) is 0 Å². The van der Waals surface area contributed by atoms with Crippen LogP contribution in [0.5, 0.6) is 0 Å². The number of amides is 3. The summed E-state index contributed by atoms with van der Waals surface area (Å²) in [7, 11) is 0. The van der Waals surface area contributed by atoms with E-state index in [2.05, 4.69) is 20.8 Å². The summed E-state index contributed by atoms with van der Waals surface area (Å²) < 4.78 is 0. The minimum atomic E-state index is -0.341. The number of rotatable bonds is 5. The molecule has 0 aliphatic carbocycles. The molecule has 7 heteroatoms. The van der Waals surface area contributed by atoms with E-state index >= 15 is 0 Å². The molecule has 1 aromatic carbocycles. The Labute approximate surface area is 135 Å². The standard InChI is InChI=1S/C16H21N5O2/c1-11(2)21(12(3)22)10-13-4-6-14(7-5-13)19-16(23)20-15-8-17-18-9-15/h4-9,11H,10H2,1-3H3,(H,17,18)(H2,19,20,23). The molecule has 0 atom stereocenters. The van der Waals surface area contributed by atoms with E-state index in [0.717, 1.165) is 5.56 Å². The van der Waals surface area contributed by atoms with Crippen molar-refractivity contribution in [1.82, 2.24) is 15.1 Å². The Morgan fingerprint density at radius 1 is 1.17 bits per heavy atom. The molecule has 0 bridgehead atoms. The molecule has 2 rings (SSSR count). The maximum atomic E-state index is 11.8. The number of anilines is 2. The number of urea groups is 1. The lowest BCUT2D eigenvalue weighted by molar-refractivity contribution is -0.131. The van der Waals surface area contributed by atoms with Crippen molar-refractivity contribution in [3.05, 3.63) is 42.2 Å². The Bertz CT molecular complexity index is 650. The monoisotopic (exact) mass is 315 g/mol. The maximum absolute atomic E-state index is 11.8. The van der Waals surface area contributed by atoms with E-state index in [1.807, 2.05) is 38.1 Å². The number of carbonyl (C=O) groups excluding carboxylic acids is 2. The van der Waals surface area contributed by atoms with Gasteiger partial charge >= 0.3 is 6.03 Å². The molecule has 0 saturated carbocycles. The molecule has 122 valence electrons. The molecule has 7 nitrogen and oxygen atoms in total. The number of hydrogen-bond donors (Lipinski definition) is 3. The molecule has 0 aliphatic heterocycles. The fourth-order valence-electron chi connectivity index (χ4n) is 2.16. The fraction of sp³-hybridized carbons (Fsp3) is 0.312. The molecular weight excluding hydrogens is 294 g/mol. The molecule has 1 aromatic heterocycles. The van der Waals surface area contributed by atoms with E-state index in [-0.39, 0.29) is 18.0 Å². The quantitative estimate of drug-likeness (QED) is 0.792. The van der Waals surface area contributed by atoms with E-state index in [1.54, 1.807) is 18.0 Å². The first-order valence-corrected chi connectivity index (χ1v) is 7.38. The average Bonchev–Trinajstić information content (AvgIpc) is 2.98. The maximum Gasteiger partial charge on any atom is 0.323 e. The summed E-state index contributed by atoms with van der Waals surface area (Å²) >= 11 is 0. The number of nitrogens with one attached hydrogen (secondary N) is 3. The van der Waals surface area contributed by atoms with Gasteiger partial charge in [-0.25, -0.2) is 4.79 Å². The van der Waals surface area contributed by atoms with Crippen LogP contribution in [0.25, 0.3) is 0 Å². The second kappa shape index (κ2) is 7.44. The highest BCUT2D eigenvalue weighted by molar-refractivity contribution is 5.99. The van der Waals surface area contributed by atoms with Crippen molar-refractivity contribution >= 4 is 23.3 Å². The highest BCUT2D eigenvalue weighted by Crippen LogP contribution is 2.14. The van der Waals surface area contributed by atoms with Crippen LogP contribution in [-0.4, -0.2) is 33.1 Å². The molecule has 1 heterocycles. The van der Waals surface area contributed by atoms with Crippen LogP contribution >= 0.6 is 0 Å². The van der Waals surface area contributed by atoms with E-state index in [4.69, 9.17) is 0 Å². The first-order valence-electron chi connectivity index (χ1n) is 7.38. The van der Waals surface area contributed by atoms with Gasteiger partial charge in [0.15, 0.2) is 0 Å². The van der Waals surface area contributed by atoms with Gasteiger partial charge in [0.25, 0.3) is 0 Å². The zero-order valence-corrected chi connectivity index (χ0v) is 13.5. The number of aromatic amines is 1. The van der Waals surface area contributed by atoms with Crippen molar-refractivity contribution in [3.63, 3.8) is 0 Å². The largest absolute Gasteiger partial charge is 0.336 e. The van der Waals surface area contributed by atoms with Gasteiger partial charge in [0.2, 0.25) is 5.91 Å². The zero-order chi connectivity index (χ0) is 16.8. The summed E-state index contributed by atoms with van der Waals surface area (Å²) in [5.74, 6) is 0.0432. The van der Waals surface area contributed by atoms with Gasteiger partial charge in [-0.1, -0.05) is 12.1 Å². The van der Waals surface area contributed by atoms with Gasteiger partial charge < -0.3 is 15.5 Å². The second-order valence-electron chi connectivity index (χ2n) is 5.50. The van der Waals surface area contributed by atoms with Gasteiger partial charge in [0.05, 0.1) is 11.9 Å². The molecule has 0 fully saturated rings. The van der Waals surface area contributed by atoms with Crippen LogP contribution in [0.15, 0.2) is 36.7 Å². The van der Waals surface area contributed by atoms with Crippen molar-refractivity contribution in [2.75, 3.05) is 10.6 Å². The van der Waals surface area contributed by atoms with Crippen LogP contribution in [0.4, 0.5) is 16.2 Å². The number of hydrogen-bond acceptors (Lipinski definition) is 3. The summed E-state index contributed by atoms with van der Waals surface area (Å²) in [4.78, 5) is 25.2. The summed E-state index contributed by atoms with van der Waals surface area (Å²) in [6.45, 7) is 6.08. The molecule has 0 spiro atoms. The highest BCUT2D eigenvalue weighted by Gasteiger charge is 2.13. The van der Waals surface area contributed by atoms with Crippen molar-refractivity contribution in [3.8, 4) is 0 Å². The smallest absolute Gasteiger partial charge is 0.323 e. The van der Waals surface area contributed by atoms with Crippen molar-refractivity contribution in [2.45, 2.75) is 33.4 Å². The van der Waals surface area contributed by atoms with E-state index in [0.29, 0.717) is 17.9 Å². The Morgan fingerprint density at radius 3 is 2.35 bits per heavy atom. The number of aromatic nitrogens is 2. The normalized spacial score (nSPS) is 10.4. The summed E-state index contributed by atoms with van der Waals surface area (Å²) in [6.07, 6.45) is 3.11. The van der Waals surface area contributed by atoms with Crippen LogP contribution in [0.3, 0.4) is 0 Å². The third-order valence-electron chi connectivity index (χ3n) is 3.35. The van der Waals surface area contributed by atoms with E-state index < -0.39 is 0 Å². The lowest BCUT2D eigenvalue weighted by Crippen LogP contribution is -2.34. The Kier molecular flexibility index (Phi) is 5.35. The highest BCUT2D eigenvalue weighted by atomic mass is 16.2. The Balaban J connectivity index is 1.93. The third-order valence-corrected chi connectivity index (χ3v) is 3.35. The van der Waals surface area contributed by atoms with Crippen molar-refractivity contribution in [2.24, 2.45) is 0 Å². The zero-order valence-electron chi connectivity index (χ0n) is 13.5. The Morgan fingerprint density at radius 2 is 1.83 bits per heavy atom. The van der Waals surface area contributed by atoms with Gasteiger partial charge in [0.1, 0.15) is 0 Å². The molecule has 0 radical (unpaired) electrons. The predicted octanol–water partition coefficient (Wildman–Crippen LogP) is 2.81. The summed E-state index contributed by atoms with van der Waals surface area (Å²) in [5.41, 5.74) is 2.27. The van der Waals surface area contributed by atoms with Crippen molar-refractivity contribution < 1.29 is 9.59 Å². The number of H-pyrrole nitrogens is 1. The molecule has 2 aromatic rings. The minimum absolute atomic E-state index is 0.0432. The van der Waals surface area contributed by atoms with Crippen LogP contribution in [0.1, 0.15) is 26.3 Å². The minimum Gasteiger partial charge on any atom is -0.336 e. The van der Waals surface area contributed by atoms with Crippen LogP contribution < -0.4 is 10.6 Å². The molecule has 0 aliphatic rings. The number of benzene rings is 1. The van der Waals surface area contributed by atoms with Crippen LogP contribution in [0.2, 0.25) is 0 Å². The van der Waals surface area contributed by atoms with Crippen molar-refractivity contribution in [1.29, 1.82) is 0 Å².